The van der Waals surface area contributed by atoms with Gasteiger partial charge in [0.05, 0.1) is 12.1 Å². The highest BCUT2D eigenvalue weighted by Crippen LogP contribution is 2.41. The molecular weight excluding hydrogens is 196 g/mol. The van der Waals surface area contributed by atoms with Crippen LogP contribution in [0, 0.1) is 52.3 Å². The number of hydrogen-bond acceptors (Lipinski definition) is 2. The predicted molar refractivity (Wildman–Crippen MR) is 64.1 cm³/mol. The van der Waals surface area contributed by atoms with Crippen molar-refractivity contribution >= 4 is 0 Å². The molecule has 0 aromatic rings. The Labute approximate surface area is 98.6 Å². The van der Waals surface area contributed by atoms with Gasteiger partial charge in [-0.2, -0.15) is 10.5 Å². The molecule has 0 aromatic heterocycles. The van der Waals surface area contributed by atoms with Crippen molar-refractivity contribution in [1.29, 1.82) is 10.5 Å². The molecule has 0 heterocycles. The van der Waals surface area contributed by atoms with Gasteiger partial charge in [0.1, 0.15) is 0 Å². The molecule has 0 spiro atoms. The van der Waals surface area contributed by atoms with E-state index in [0.717, 1.165) is 19.3 Å². The van der Waals surface area contributed by atoms with Crippen LogP contribution in [0.4, 0.5) is 0 Å². The molecule has 1 rings (SSSR count). The van der Waals surface area contributed by atoms with Crippen molar-refractivity contribution in [1.82, 2.24) is 0 Å². The third kappa shape index (κ3) is 2.64. The molecule has 0 aromatic carbocycles. The molecule has 0 bridgehead atoms. The summed E-state index contributed by atoms with van der Waals surface area (Å²) in [4.78, 5) is 0. The van der Waals surface area contributed by atoms with Gasteiger partial charge in [-0.05, 0) is 50.9 Å². The Balaban J connectivity index is 2.74. The first-order chi connectivity index (χ1) is 7.63. The average Bonchev–Trinajstić information content (AvgIpc) is 2.35. The van der Waals surface area contributed by atoms with Gasteiger partial charge in [-0.15, -0.1) is 6.58 Å². The Morgan fingerprint density at radius 1 is 1.19 bits per heavy atom. The molecule has 1 fully saturated rings. The van der Waals surface area contributed by atoms with Crippen molar-refractivity contribution in [2.24, 2.45) is 29.6 Å². The fourth-order valence-electron chi connectivity index (χ4n) is 2.79. The maximum atomic E-state index is 9.03. The van der Waals surface area contributed by atoms with Gasteiger partial charge in [-0.1, -0.05) is 6.08 Å². The van der Waals surface area contributed by atoms with E-state index in [2.05, 4.69) is 18.7 Å². The highest BCUT2D eigenvalue weighted by Gasteiger charge is 2.34. The summed E-state index contributed by atoms with van der Waals surface area (Å²) in [6, 6.07) is 4.68. The van der Waals surface area contributed by atoms with Crippen LogP contribution < -0.4 is 0 Å². The zero-order valence-corrected chi connectivity index (χ0v) is 10.2. The molecule has 1 aliphatic rings. The third-order valence-electron chi connectivity index (χ3n) is 4.06. The standard InChI is InChI=1S/C14H20N2/c1-4-12-5-6-13(10(2)8-15)7-14(12)11(3)9-16/h4,10-14H,1,5-7H2,2-3H3. The molecule has 0 N–H and O–H groups in total. The van der Waals surface area contributed by atoms with E-state index in [0.29, 0.717) is 17.8 Å². The van der Waals surface area contributed by atoms with Gasteiger partial charge in [-0.3, -0.25) is 0 Å². The molecular formula is C14H20N2. The molecule has 5 unspecified atom stereocenters. The van der Waals surface area contributed by atoms with Gasteiger partial charge in [0.2, 0.25) is 0 Å². The van der Waals surface area contributed by atoms with Crippen LogP contribution in [0.5, 0.6) is 0 Å². The van der Waals surface area contributed by atoms with Crippen molar-refractivity contribution in [3.05, 3.63) is 12.7 Å². The molecule has 16 heavy (non-hydrogen) atoms. The summed E-state index contributed by atoms with van der Waals surface area (Å²) in [5.41, 5.74) is 0. The molecule has 2 nitrogen and oxygen atoms in total. The summed E-state index contributed by atoms with van der Waals surface area (Å²) in [7, 11) is 0. The van der Waals surface area contributed by atoms with Crippen LogP contribution in [-0.2, 0) is 0 Å². The smallest absolute Gasteiger partial charge is 0.0656 e. The predicted octanol–water partition coefficient (Wildman–Crippen LogP) is 3.52. The molecule has 1 saturated carbocycles. The highest BCUT2D eigenvalue weighted by molar-refractivity contribution is 4.99. The number of nitriles is 2. The van der Waals surface area contributed by atoms with Gasteiger partial charge in [0.25, 0.3) is 0 Å². The van der Waals surface area contributed by atoms with E-state index in [-0.39, 0.29) is 11.8 Å². The monoisotopic (exact) mass is 216 g/mol. The van der Waals surface area contributed by atoms with Gasteiger partial charge in [-0.25, -0.2) is 0 Å². The first-order valence-corrected chi connectivity index (χ1v) is 6.05. The zero-order valence-electron chi connectivity index (χ0n) is 10.2. The summed E-state index contributed by atoms with van der Waals surface area (Å²) in [6.45, 7) is 7.85. The van der Waals surface area contributed by atoms with Crippen LogP contribution in [0.3, 0.4) is 0 Å². The van der Waals surface area contributed by atoms with E-state index in [1.165, 1.54) is 0 Å². The number of nitrogens with zero attached hydrogens (tertiary/aromatic N) is 2. The number of hydrogen-bond donors (Lipinski definition) is 0. The number of allylic oxidation sites excluding steroid dienone is 1. The Kier molecular flexibility index (Phi) is 4.56. The van der Waals surface area contributed by atoms with Crippen molar-refractivity contribution in [2.75, 3.05) is 0 Å². The van der Waals surface area contributed by atoms with Crippen LogP contribution in [0.2, 0.25) is 0 Å². The second-order valence-electron chi connectivity index (χ2n) is 4.97. The second kappa shape index (κ2) is 5.71. The molecule has 0 amide bonds. The van der Waals surface area contributed by atoms with Crippen molar-refractivity contribution in [2.45, 2.75) is 33.1 Å². The molecule has 2 heteroatoms. The Bertz CT molecular complexity index is 321. The lowest BCUT2D eigenvalue weighted by Crippen LogP contribution is -2.30. The van der Waals surface area contributed by atoms with E-state index in [9.17, 15) is 0 Å². The fraction of sp³-hybridized carbons (Fsp3) is 0.714. The summed E-state index contributed by atoms with van der Waals surface area (Å²) in [5.74, 6) is 1.48. The molecule has 1 aliphatic carbocycles. The van der Waals surface area contributed by atoms with Crippen molar-refractivity contribution < 1.29 is 0 Å². The molecule has 86 valence electrons. The Morgan fingerprint density at radius 3 is 2.31 bits per heavy atom. The van der Waals surface area contributed by atoms with Gasteiger partial charge in [0.15, 0.2) is 0 Å². The number of rotatable bonds is 3. The SMILES string of the molecule is C=CC1CCC(C(C)C#N)CC1C(C)C#N. The van der Waals surface area contributed by atoms with Crippen LogP contribution in [0.1, 0.15) is 33.1 Å². The van der Waals surface area contributed by atoms with E-state index >= 15 is 0 Å². The van der Waals surface area contributed by atoms with E-state index in [1.807, 2.05) is 19.9 Å². The third-order valence-corrected chi connectivity index (χ3v) is 4.06. The minimum atomic E-state index is 0.0664. The topological polar surface area (TPSA) is 47.6 Å². The molecule has 5 atom stereocenters. The summed E-state index contributed by atoms with van der Waals surface area (Å²) in [5, 5.41) is 18.0. The molecule has 0 radical (unpaired) electrons. The lowest BCUT2D eigenvalue weighted by atomic mass is 9.67. The summed E-state index contributed by atoms with van der Waals surface area (Å²) >= 11 is 0. The normalized spacial score (nSPS) is 33.1. The zero-order chi connectivity index (χ0) is 12.1. The minimum absolute atomic E-state index is 0.0664. The quantitative estimate of drug-likeness (QED) is 0.677. The van der Waals surface area contributed by atoms with Crippen LogP contribution in [0.25, 0.3) is 0 Å². The maximum Gasteiger partial charge on any atom is 0.0656 e. The minimum Gasteiger partial charge on any atom is -0.198 e. The summed E-state index contributed by atoms with van der Waals surface area (Å²) < 4.78 is 0. The van der Waals surface area contributed by atoms with E-state index in [4.69, 9.17) is 10.5 Å². The fourth-order valence-corrected chi connectivity index (χ4v) is 2.79. The van der Waals surface area contributed by atoms with Crippen LogP contribution in [-0.4, -0.2) is 0 Å². The van der Waals surface area contributed by atoms with Crippen LogP contribution in [0.15, 0.2) is 12.7 Å². The first kappa shape index (κ1) is 12.8. The van der Waals surface area contributed by atoms with E-state index < -0.39 is 0 Å². The lowest BCUT2D eigenvalue weighted by Gasteiger charge is -2.37. The Morgan fingerprint density at radius 2 is 1.81 bits per heavy atom. The van der Waals surface area contributed by atoms with Crippen LogP contribution >= 0.6 is 0 Å². The highest BCUT2D eigenvalue weighted by atomic mass is 14.4. The Hall–Kier alpha value is -1.28. The van der Waals surface area contributed by atoms with Gasteiger partial charge >= 0.3 is 0 Å². The van der Waals surface area contributed by atoms with E-state index in [1.54, 1.807) is 0 Å². The largest absolute Gasteiger partial charge is 0.198 e. The summed E-state index contributed by atoms with van der Waals surface area (Å²) in [6.07, 6.45) is 5.17. The van der Waals surface area contributed by atoms with Gasteiger partial charge in [0, 0.05) is 11.8 Å². The van der Waals surface area contributed by atoms with Crippen molar-refractivity contribution in [3.63, 3.8) is 0 Å². The molecule has 0 aliphatic heterocycles. The first-order valence-electron chi connectivity index (χ1n) is 6.05. The maximum absolute atomic E-state index is 9.03. The van der Waals surface area contributed by atoms with Gasteiger partial charge < -0.3 is 0 Å². The van der Waals surface area contributed by atoms with Crippen molar-refractivity contribution in [3.8, 4) is 12.1 Å². The molecule has 0 saturated heterocycles. The lowest BCUT2D eigenvalue weighted by molar-refractivity contribution is 0.159. The average molecular weight is 216 g/mol. The second-order valence-corrected chi connectivity index (χ2v) is 4.97.